The van der Waals surface area contributed by atoms with Crippen LogP contribution in [0.4, 0.5) is 0 Å². The van der Waals surface area contributed by atoms with Gasteiger partial charge in [-0.05, 0) is 19.3 Å². The number of aliphatic hydroxyl groups is 4. The van der Waals surface area contributed by atoms with Gasteiger partial charge in [0, 0.05) is 6.42 Å². The van der Waals surface area contributed by atoms with Gasteiger partial charge in [0.15, 0.2) is 6.29 Å². The molecule has 1 aliphatic rings. The largest absolute Gasteiger partial charge is 0.397 e. The lowest BCUT2D eigenvalue weighted by Crippen LogP contribution is -2.61. The quantitative estimate of drug-likeness (QED) is 0.0193. The van der Waals surface area contributed by atoms with Gasteiger partial charge in [-0.15, -0.1) is 0 Å². The molecule has 13 heteroatoms. The van der Waals surface area contributed by atoms with Crippen LogP contribution in [0, 0.1) is 0 Å². The first-order valence-corrected chi connectivity index (χ1v) is 27.4. The van der Waals surface area contributed by atoms with Crippen molar-refractivity contribution in [1.29, 1.82) is 0 Å². The maximum absolute atomic E-state index is 13.0. The van der Waals surface area contributed by atoms with Gasteiger partial charge in [-0.1, -0.05) is 231 Å². The third-order valence-electron chi connectivity index (χ3n) is 12.6. The van der Waals surface area contributed by atoms with Crippen LogP contribution in [0.3, 0.4) is 0 Å². The Kier molecular flexibility index (Phi) is 39.0. The molecule has 7 atom stereocenters. The zero-order valence-electron chi connectivity index (χ0n) is 40.2. The van der Waals surface area contributed by atoms with Crippen molar-refractivity contribution in [1.82, 2.24) is 5.32 Å². The van der Waals surface area contributed by atoms with E-state index in [1.807, 2.05) is 6.08 Å². The molecule has 0 aromatic heterocycles. The Morgan fingerprint density at radius 2 is 1.00 bits per heavy atom. The Hall–Kier alpha value is -1.16. The van der Waals surface area contributed by atoms with Crippen LogP contribution in [0.15, 0.2) is 12.2 Å². The van der Waals surface area contributed by atoms with Crippen LogP contribution in [-0.2, 0) is 28.9 Å². The number of allylic oxidation sites excluding steroid dienone is 1. The van der Waals surface area contributed by atoms with Crippen LogP contribution >= 0.6 is 0 Å². The molecule has 1 saturated heterocycles. The number of carbonyl (C=O) groups is 1. The number of hydrogen-bond acceptors (Lipinski definition) is 10. The molecule has 6 N–H and O–H groups in total. The number of nitrogens with one attached hydrogen (secondary N) is 1. The highest BCUT2D eigenvalue weighted by molar-refractivity contribution is 7.80. The topological polar surface area (TPSA) is 192 Å². The smallest absolute Gasteiger partial charge is 0.394 e. The first-order chi connectivity index (χ1) is 30.5. The highest BCUT2D eigenvalue weighted by Gasteiger charge is 2.48. The van der Waals surface area contributed by atoms with Crippen molar-refractivity contribution in [3.05, 3.63) is 12.2 Å². The fourth-order valence-electron chi connectivity index (χ4n) is 8.52. The molecule has 0 aromatic carbocycles. The number of unbranched alkanes of at least 4 members (excludes halogenated alkanes) is 33. The second-order valence-corrected chi connectivity index (χ2v) is 19.5. The Balaban J connectivity index is 2.39. The van der Waals surface area contributed by atoms with Crippen LogP contribution in [0.2, 0.25) is 0 Å². The molecule has 12 nitrogen and oxygen atoms in total. The van der Waals surface area contributed by atoms with Crippen LogP contribution < -0.4 is 5.32 Å². The fraction of sp³-hybridized carbons (Fsp3) is 0.940. The van der Waals surface area contributed by atoms with E-state index in [9.17, 15) is 38.2 Å². The Morgan fingerprint density at radius 1 is 0.619 bits per heavy atom. The number of aliphatic hydroxyl groups excluding tert-OH is 4. The monoisotopic (exact) mass is 920 g/mol. The summed E-state index contributed by atoms with van der Waals surface area (Å²) in [5.41, 5.74) is 0. The van der Waals surface area contributed by atoms with Gasteiger partial charge in [0.1, 0.15) is 24.4 Å². The summed E-state index contributed by atoms with van der Waals surface area (Å²) in [6.45, 7) is 3.40. The van der Waals surface area contributed by atoms with Crippen molar-refractivity contribution in [2.75, 3.05) is 13.2 Å². The van der Waals surface area contributed by atoms with Crippen molar-refractivity contribution in [3.63, 3.8) is 0 Å². The number of ether oxygens (including phenoxy) is 2. The van der Waals surface area contributed by atoms with Crippen molar-refractivity contribution >= 4 is 16.3 Å². The van der Waals surface area contributed by atoms with Gasteiger partial charge in [0.25, 0.3) is 0 Å². The fourth-order valence-corrected chi connectivity index (χ4v) is 9.02. The molecule has 0 aromatic rings. The lowest BCUT2D eigenvalue weighted by Gasteiger charge is -2.41. The van der Waals surface area contributed by atoms with Gasteiger partial charge in [0.05, 0.1) is 25.4 Å². The summed E-state index contributed by atoms with van der Waals surface area (Å²) in [4.78, 5) is 13.0. The van der Waals surface area contributed by atoms with E-state index in [1.54, 1.807) is 6.08 Å². The number of hydrogen-bond donors (Lipinski definition) is 6. The predicted octanol–water partition coefficient (Wildman–Crippen LogP) is 11.1. The normalized spacial score (nSPS) is 20.4. The average Bonchev–Trinajstić information content (AvgIpc) is 3.25. The summed E-state index contributed by atoms with van der Waals surface area (Å²) in [6, 6.07) is -0.938. The summed E-state index contributed by atoms with van der Waals surface area (Å²) < 4.78 is 47.7. The standard InChI is InChI=1S/C50H97NO11S/c1-3-5-7-9-11-13-15-17-18-19-20-21-22-23-24-25-26-27-28-29-31-33-35-37-39-44(53)43(51-46(54)40-38-36-34-32-30-16-14-12-10-8-6-4-2)42-60-50-48(56)49(62-63(57,58)59)47(55)45(41-52)61-50/h37,39,43-45,47-50,52-53,55-56H,3-36,38,40-42H2,1-2H3,(H,51,54)(H,57,58,59)/b39-37+. The molecule has 1 amide bonds. The second-order valence-electron chi connectivity index (χ2n) is 18.5. The van der Waals surface area contributed by atoms with E-state index in [2.05, 4.69) is 23.3 Å². The van der Waals surface area contributed by atoms with Gasteiger partial charge in [-0.2, -0.15) is 8.42 Å². The average molecular weight is 920 g/mol. The SMILES string of the molecule is CCCCCCCCCCCCCCCCCCCCCCCC/C=C/C(O)C(COC1OC(CO)C(O)C(OS(=O)(=O)O)C1O)NC(=O)CCCCCCCCCCCCCC. The number of carbonyl (C=O) groups excluding carboxylic acids is 1. The van der Waals surface area contributed by atoms with Gasteiger partial charge >= 0.3 is 10.4 Å². The van der Waals surface area contributed by atoms with Gasteiger partial charge in [0.2, 0.25) is 5.91 Å². The van der Waals surface area contributed by atoms with E-state index in [0.717, 1.165) is 38.5 Å². The minimum atomic E-state index is -5.08. The zero-order valence-corrected chi connectivity index (χ0v) is 41.0. The van der Waals surface area contributed by atoms with Gasteiger partial charge in [-0.25, -0.2) is 4.18 Å². The predicted molar refractivity (Wildman–Crippen MR) is 255 cm³/mol. The highest BCUT2D eigenvalue weighted by Crippen LogP contribution is 2.26. The first kappa shape index (κ1) is 59.9. The van der Waals surface area contributed by atoms with Crippen LogP contribution in [0.1, 0.15) is 245 Å². The molecule has 1 rings (SSSR count). The second kappa shape index (κ2) is 41.1. The van der Waals surface area contributed by atoms with E-state index >= 15 is 0 Å². The molecule has 63 heavy (non-hydrogen) atoms. The van der Waals surface area contributed by atoms with E-state index in [-0.39, 0.29) is 18.9 Å². The van der Waals surface area contributed by atoms with E-state index in [1.165, 1.54) is 180 Å². The lowest BCUT2D eigenvalue weighted by atomic mass is 9.99. The van der Waals surface area contributed by atoms with Crippen molar-refractivity contribution in [3.8, 4) is 0 Å². The summed E-state index contributed by atoms with van der Waals surface area (Å²) in [6.07, 6.45) is 38.3. The Bertz CT molecular complexity index is 1180. The summed E-state index contributed by atoms with van der Waals surface area (Å²) in [5, 5.41) is 44.8. The lowest BCUT2D eigenvalue weighted by molar-refractivity contribution is -0.298. The Morgan fingerprint density at radius 3 is 1.38 bits per heavy atom. The first-order valence-electron chi connectivity index (χ1n) is 26.1. The molecule has 0 radical (unpaired) electrons. The molecular formula is C50H97NO11S. The van der Waals surface area contributed by atoms with E-state index < -0.39 is 59.9 Å². The molecule has 0 bridgehead atoms. The van der Waals surface area contributed by atoms with Crippen LogP contribution in [-0.4, -0.2) is 95.4 Å². The van der Waals surface area contributed by atoms with Crippen LogP contribution in [0.25, 0.3) is 0 Å². The van der Waals surface area contributed by atoms with Crippen molar-refractivity contribution < 1.29 is 51.8 Å². The van der Waals surface area contributed by atoms with Gasteiger partial charge in [-0.3, -0.25) is 9.35 Å². The third-order valence-corrected chi connectivity index (χ3v) is 13.0. The molecule has 374 valence electrons. The molecule has 1 aliphatic heterocycles. The molecule has 1 heterocycles. The summed E-state index contributed by atoms with van der Waals surface area (Å²) in [5.74, 6) is -0.260. The summed E-state index contributed by atoms with van der Waals surface area (Å²) >= 11 is 0. The van der Waals surface area contributed by atoms with Crippen molar-refractivity contribution in [2.24, 2.45) is 0 Å². The summed E-state index contributed by atoms with van der Waals surface area (Å²) in [7, 11) is -5.08. The van der Waals surface area contributed by atoms with E-state index in [4.69, 9.17) is 9.47 Å². The third kappa shape index (κ3) is 33.9. The van der Waals surface area contributed by atoms with Crippen molar-refractivity contribution in [2.45, 2.75) is 288 Å². The molecule has 0 spiro atoms. The molecule has 1 fully saturated rings. The minimum Gasteiger partial charge on any atom is -0.394 e. The zero-order chi connectivity index (χ0) is 46.2. The highest BCUT2D eigenvalue weighted by atomic mass is 32.3. The van der Waals surface area contributed by atoms with Crippen LogP contribution in [0.5, 0.6) is 0 Å². The van der Waals surface area contributed by atoms with Gasteiger partial charge < -0.3 is 35.2 Å². The number of rotatable bonds is 45. The minimum absolute atomic E-state index is 0.260. The van der Waals surface area contributed by atoms with E-state index in [0.29, 0.717) is 6.42 Å². The Labute approximate surface area is 385 Å². The molecule has 0 aliphatic carbocycles. The maximum Gasteiger partial charge on any atom is 0.397 e. The molecule has 0 saturated carbocycles. The molecular weight excluding hydrogens is 823 g/mol. The number of amides is 1. The maximum atomic E-state index is 13.0. The molecule has 7 unspecified atom stereocenters.